The number of ether oxygens (including phenoxy) is 2. The Labute approximate surface area is 125 Å². The molecule has 2 N–H and O–H groups in total. The minimum Gasteiger partial charge on any atom is -0.467 e. The van der Waals surface area contributed by atoms with Gasteiger partial charge in [0.25, 0.3) is 0 Å². The molecular weight excluding hydrogens is 295 g/mol. The third kappa shape index (κ3) is 3.33. The van der Waals surface area contributed by atoms with Crippen LogP contribution >= 0.6 is 11.8 Å². The van der Waals surface area contributed by atoms with E-state index in [1.807, 2.05) is 6.26 Å². The number of hydrogen-bond acceptors (Lipinski definition) is 7. The minimum absolute atomic E-state index is 0.150. The normalized spacial score (nSPS) is 12.0. The standard InChI is InChI=1S/C13H15FN4O2S/c1-19-12-16-11(17-13(18-12)20-2)10(21-3)8-5-4-7(14)6-9(8)15/h4-6,10H,15H2,1-3H3. The monoisotopic (exact) mass is 310 g/mol. The second kappa shape index (κ2) is 6.57. The van der Waals surface area contributed by atoms with Crippen LogP contribution in [-0.2, 0) is 0 Å². The van der Waals surface area contributed by atoms with Crippen LogP contribution in [0.3, 0.4) is 0 Å². The highest BCUT2D eigenvalue weighted by atomic mass is 32.2. The zero-order valence-corrected chi connectivity index (χ0v) is 12.6. The summed E-state index contributed by atoms with van der Waals surface area (Å²) in [5.74, 6) is 0.0476. The summed E-state index contributed by atoms with van der Waals surface area (Å²) in [6.45, 7) is 0. The Bertz CT molecular complexity index is 619. The van der Waals surface area contributed by atoms with E-state index in [0.717, 1.165) is 5.56 Å². The Morgan fingerprint density at radius 3 is 2.24 bits per heavy atom. The van der Waals surface area contributed by atoms with Gasteiger partial charge in [0.1, 0.15) is 5.82 Å². The van der Waals surface area contributed by atoms with Gasteiger partial charge in [-0.15, -0.1) is 16.7 Å². The Hall–Kier alpha value is -2.09. The second-order valence-electron chi connectivity index (χ2n) is 4.06. The molecule has 0 radical (unpaired) electrons. The highest BCUT2D eigenvalue weighted by Crippen LogP contribution is 2.36. The first-order valence-electron chi connectivity index (χ1n) is 6.00. The summed E-state index contributed by atoms with van der Waals surface area (Å²) >= 11 is 1.47. The minimum atomic E-state index is -0.387. The van der Waals surface area contributed by atoms with Gasteiger partial charge in [-0.1, -0.05) is 6.07 Å². The number of hydrogen-bond donors (Lipinski definition) is 1. The smallest absolute Gasteiger partial charge is 0.322 e. The molecule has 8 heteroatoms. The lowest BCUT2D eigenvalue weighted by atomic mass is 10.1. The molecule has 1 aromatic heterocycles. The number of aromatic nitrogens is 3. The van der Waals surface area contributed by atoms with Gasteiger partial charge in [-0.05, 0) is 24.0 Å². The maximum atomic E-state index is 13.2. The van der Waals surface area contributed by atoms with Crippen LogP contribution in [0.5, 0.6) is 12.0 Å². The van der Waals surface area contributed by atoms with Crippen LogP contribution < -0.4 is 15.2 Å². The van der Waals surface area contributed by atoms with Gasteiger partial charge >= 0.3 is 12.0 Å². The number of halogens is 1. The second-order valence-corrected chi connectivity index (χ2v) is 5.00. The molecule has 0 saturated heterocycles. The lowest BCUT2D eigenvalue weighted by molar-refractivity contribution is 0.336. The predicted octanol–water partition coefficient (Wildman–Crippen LogP) is 2.06. The summed E-state index contributed by atoms with van der Waals surface area (Å²) in [6.07, 6.45) is 1.89. The average molecular weight is 310 g/mol. The van der Waals surface area contributed by atoms with E-state index in [1.165, 1.54) is 38.1 Å². The van der Waals surface area contributed by atoms with Gasteiger partial charge in [-0.2, -0.15) is 9.97 Å². The zero-order valence-electron chi connectivity index (χ0n) is 11.8. The van der Waals surface area contributed by atoms with E-state index >= 15 is 0 Å². The zero-order chi connectivity index (χ0) is 15.4. The van der Waals surface area contributed by atoms with Crippen LogP contribution in [0.2, 0.25) is 0 Å². The molecule has 1 aromatic carbocycles. The average Bonchev–Trinajstić information content (AvgIpc) is 2.49. The molecule has 0 spiro atoms. The lowest BCUT2D eigenvalue weighted by Gasteiger charge is -2.16. The van der Waals surface area contributed by atoms with Crippen LogP contribution in [0.15, 0.2) is 18.2 Å². The highest BCUT2D eigenvalue weighted by molar-refractivity contribution is 7.99. The summed E-state index contributed by atoms with van der Waals surface area (Å²) in [5, 5.41) is -0.281. The topological polar surface area (TPSA) is 83.2 Å². The maximum Gasteiger partial charge on any atom is 0.322 e. The molecule has 0 aliphatic heterocycles. The molecule has 0 saturated carbocycles. The first-order chi connectivity index (χ1) is 10.1. The Kier molecular flexibility index (Phi) is 4.79. The van der Waals surface area contributed by atoms with Gasteiger partial charge in [0, 0.05) is 5.69 Å². The number of benzene rings is 1. The molecule has 1 unspecified atom stereocenters. The SMILES string of the molecule is COc1nc(OC)nc(C(SC)c2ccc(F)cc2N)n1. The fourth-order valence-corrected chi connectivity index (χ4v) is 2.59. The molecule has 0 aliphatic rings. The first kappa shape index (κ1) is 15.3. The van der Waals surface area contributed by atoms with Crippen molar-refractivity contribution in [2.45, 2.75) is 5.25 Å². The molecule has 2 rings (SSSR count). The van der Waals surface area contributed by atoms with E-state index in [-0.39, 0.29) is 23.1 Å². The molecule has 0 fully saturated rings. The van der Waals surface area contributed by atoms with Crippen molar-refractivity contribution >= 4 is 17.4 Å². The Morgan fingerprint density at radius 2 is 1.76 bits per heavy atom. The molecule has 1 heterocycles. The van der Waals surface area contributed by atoms with Crippen LogP contribution in [-0.4, -0.2) is 35.4 Å². The van der Waals surface area contributed by atoms with Gasteiger partial charge < -0.3 is 15.2 Å². The van der Waals surface area contributed by atoms with Crippen LogP contribution in [0.25, 0.3) is 0 Å². The van der Waals surface area contributed by atoms with Crippen molar-refractivity contribution in [2.75, 3.05) is 26.2 Å². The summed E-state index contributed by atoms with van der Waals surface area (Å²) < 4.78 is 23.3. The number of nitrogens with zero attached hydrogens (tertiary/aromatic N) is 3. The number of rotatable bonds is 5. The third-order valence-electron chi connectivity index (χ3n) is 2.78. The van der Waals surface area contributed by atoms with Crippen molar-refractivity contribution in [2.24, 2.45) is 0 Å². The van der Waals surface area contributed by atoms with Gasteiger partial charge in [0.15, 0.2) is 5.82 Å². The van der Waals surface area contributed by atoms with Crippen molar-refractivity contribution in [3.63, 3.8) is 0 Å². The van der Waals surface area contributed by atoms with Crippen molar-refractivity contribution in [1.82, 2.24) is 15.0 Å². The fourth-order valence-electron chi connectivity index (χ4n) is 1.81. The number of thioether (sulfide) groups is 1. The predicted molar refractivity (Wildman–Crippen MR) is 79.1 cm³/mol. The molecule has 0 bridgehead atoms. The van der Waals surface area contributed by atoms with Gasteiger partial charge in [0.2, 0.25) is 0 Å². The van der Waals surface area contributed by atoms with E-state index in [2.05, 4.69) is 15.0 Å². The van der Waals surface area contributed by atoms with E-state index in [4.69, 9.17) is 15.2 Å². The highest BCUT2D eigenvalue weighted by Gasteiger charge is 2.21. The molecule has 0 aliphatic carbocycles. The summed E-state index contributed by atoms with van der Waals surface area (Å²) in [6, 6.07) is 4.54. The Morgan fingerprint density at radius 1 is 1.14 bits per heavy atom. The molecule has 0 amide bonds. The molecule has 6 nitrogen and oxygen atoms in total. The number of nitrogen functional groups attached to an aromatic ring is 1. The van der Waals surface area contributed by atoms with E-state index in [9.17, 15) is 4.39 Å². The van der Waals surface area contributed by atoms with Crippen LogP contribution in [0.1, 0.15) is 16.6 Å². The lowest BCUT2D eigenvalue weighted by Crippen LogP contribution is -2.09. The largest absolute Gasteiger partial charge is 0.467 e. The van der Waals surface area contributed by atoms with E-state index in [0.29, 0.717) is 11.5 Å². The first-order valence-corrected chi connectivity index (χ1v) is 7.29. The van der Waals surface area contributed by atoms with Gasteiger partial charge in [0.05, 0.1) is 19.5 Å². The van der Waals surface area contributed by atoms with Gasteiger partial charge in [-0.25, -0.2) is 4.39 Å². The fraction of sp³-hybridized carbons (Fsp3) is 0.308. The van der Waals surface area contributed by atoms with Crippen molar-refractivity contribution < 1.29 is 13.9 Å². The quantitative estimate of drug-likeness (QED) is 0.846. The number of anilines is 1. The van der Waals surface area contributed by atoms with Crippen LogP contribution in [0.4, 0.5) is 10.1 Å². The summed E-state index contributed by atoms with van der Waals surface area (Å²) in [7, 11) is 2.91. The maximum absolute atomic E-state index is 13.2. The Balaban J connectivity index is 2.50. The molecular formula is C13H15FN4O2S. The molecule has 21 heavy (non-hydrogen) atoms. The van der Waals surface area contributed by atoms with E-state index < -0.39 is 0 Å². The van der Waals surface area contributed by atoms with Gasteiger partial charge in [-0.3, -0.25) is 0 Å². The third-order valence-corrected chi connectivity index (χ3v) is 3.71. The number of nitrogens with two attached hydrogens (primary N) is 1. The van der Waals surface area contributed by atoms with Crippen molar-refractivity contribution in [3.05, 3.63) is 35.4 Å². The number of methoxy groups -OCH3 is 2. The van der Waals surface area contributed by atoms with Crippen LogP contribution in [0, 0.1) is 5.82 Å². The molecule has 2 aromatic rings. The summed E-state index contributed by atoms with van der Waals surface area (Å²) in [5.41, 5.74) is 6.95. The molecule has 112 valence electrons. The van der Waals surface area contributed by atoms with Crippen molar-refractivity contribution in [1.29, 1.82) is 0 Å². The molecule has 1 atom stereocenters. The van der Waals surface area contributed by atoms with Crippen molar-refractivity contribution in [3.8, 4) is 12.0 Å². The van der Waals surface area contributed by atoms with E-state index in [1.54, 1.807) is 6.07 Å². The summed E-state index contributed by atoms with van der Waals surface area (Å²) in [4.78, 5) is 12.4.